The summed E-state index contributed by atoms with van der Waals surface area (Å²) in [5, 5.41) is 9.91. The van der Waals surface area contributed by atoms with Gasteiger partial charge in [0.2, 0.25) is 0 Å². The fraction of sp³-hybridized carbons (Fsp3) is 0.235. The van der Waals surface area contributed by atoms with Crippen molar-refractivity contribution in [3.63, 3.8) is 0 Å². The highest BCUT2D eigenvalue weighted by atomic mass is 16.3. The first-order valence-corrected chi connectivity index (χ1v) is 6.25. The third-order valence-corrected chi connectivity index (χ3v) is 2.97. The zero-order valence-electron chi connectivity index (χ0n) is 11.9. The predicted octanol–water partition coefficient (Wildman–Crippen LogP) is 4.35. The standard InChI is InChI=1S/C17H20O2/c1-6-13(11(3)4)14(7-2)17(19)15-9-8-12(5)10-16(15)18/h6-10,18H,3H2,1-2,4-5H3/b13-6-,14-7+. The van der Waals surface area contributed by atoms with E-state index in [1.165, 1.54) is 0 Å². The number of carbonyl (C=O) groups excluding carboxylic acids is 1. The number of benzene rings is 1. The number of hydrogen-bond donors (Lipinski definition) is 1. The van der Waals surface area contributed by atoms with Gasteiger partial charge in [-0.2, -0.15) is 0 Å². The zero-order chi connectivity index (χ0) is 14.6. The molecular weight excluding hydrogens is 236 g/mol. The molecule has 19 heavy (non-hydrogen) atoms. The maximum absolute atomic E-state index is 12.5. The average Bonchev–Trinajstić information content (AvgIpc) is 2.34. The fourth-order valence-corrected chi connectivity index (χ4v) is 2.02. The second-order valence-corrected chi connectivity index (χ2v) is 4.53. The third-order valence-electron chi connectivity index (χ3n) is 2.97. The van der Waals surface area contributed by atoms with Crippen molar-refractivity contribution in [2.45, 2.75) is 27.7 Å². The molecule has 1 N–H and O–H groups in total. The number of ketones is 1. The van der Waals surface area contributed by atoms with Crippen LogP contribution in [0.4, 0.5) is 0 Å². The molecule has 0 aromatic heterocycles. The summed E-state index contributed by atoms with van der Waals surface area (Å²) in [5.74, 6) is -0.169. The van der Waals surface area contributed by atoms with E-state index in [1.54, 1.807) is 18.2 Å². The van der Waals surface area contributed by atoms with Crippen molar-refractivity contribution in [3.05, 3.63) is 64.8 Å². The van der Waals surface area contributed by atoms with Gasteiger partial charge in [-0.25, -0.2) is 0 Å². The fourth-order valence-electron chi connectivity index (χ4n) is 2.02. The molecule has 0 bridgehead atoms. The minimum atomic E-state index is -0.184. The van der Waals surface area contributed by atoms with Gasteiger partial charge in [0.05, 0.1) is 5.56 Å². The lowest BCUT2D eigenvalue weighted by molar-refractivity contribution is 0.103. The van der Waals surface area contributed by atoms with Crippen LogP contribution < -0.4 is 0 Å². The van der Waals surface area contributed by atoms with Crippen molar-refractivity contribution in [3.8, 4) is 5.75 Å². The Labute approximate surface area is 114 Å². The molecule has 1 rings (SSSR count). The zero-order valence-corrected chi connectivity index (χ0v) is 11.9. The number of hydrogen-bond acceptors (Lipinski definition) is 2. The van der Waals surface area contributed by atoms with Gasteiger partial charge in [-0.15, -0.1) is 0 Å². The lowest BCUT2D eigenvalue weighted by Crippen LogP contribution is -2.07. The number of aromatic hydroxyl groups is 1. The summed E-state index contributed by atoms with van der Waals surface area (Å²) in [5.41, 5.74) is 3.44. The van der Waals surface area contributed by atoms with E-state index < -0.39 is 0 Å². The largest absolute Gasteiger partial charge is 0.507 e. The van der Waals surface area contributed by atoms with Crippen molar-refractivity contribution >= 4 is 5.78 Å². The summed E-state index contributed by atoms with van der Waals surface area (Å²) >= 11 is 0. The molecule has 1 aromatic rings. The van der Waals surface area contributed by atoms with Crippen LogP contribution in [0.1, 0.15) is 36.7 Å². The Morgan fingerprint density at radius 3 is 2.21 bits per heavy atom. The predicted molar refractivity (Wildman–Crippen MR) is 79.5 cm³/mol. The van der Waals surface area contributed by atoms with Crippen LogP contribution >= 0.6 is 0 Å². The maximum atomic E-state index is 12.5. The second kappa shape index (κ2) is 6.19. The van der Waals surface area contributed by atoms with E-state index in [-0.39, 0.29) is 11.5 Å². The van der Waals surface area contributed by atoms with E-state index in [1.807, 2.05) is 39.8 Å². The summed E-state index contributed by atoms with van der Waals surface area (Å²) in [4.78, 5) is 12.5. The van der Waals surface area contributed by atoms with Gasteiger partial charge in [-0.1, -0.05) is 30.4 Å². The Morgan fingerprint density at radius 1 is 1.21 bits per heavy atom. The van der Waals surface area contributed by atoms with Gasteiger partial charge < -0.3 is 5.11 Å². The van der Waals surface area contributed by atoms with Gasteiger partial charge in [0, 0.05) is 5.57 Å². The molecule has 0 heterocycles. The van der Waals surface area contributed by atoms with Crippen LogP contribution in [0.15, 0.2) is 53.6 Å². The Morgan fingerprint density at radius 2 is 1.79 bits per heavy atom. The van der Waals surface area contributed by atoms with E-state index >= 15 is 0 Å². The monoisotopic (exact) mass is 256 g/mol. The highest BCUT2D eigenvalue weighted by Gasteiger charge is 2.18. The Balaban J connectivity index is 3.28. The summed E-state index contributed by atoms with van der Waals surface area (Å²) in [7, 11) is 0. The molecule has 0 saturated carbocycles. The van der Waals surface area contributed by atoms with Gasteiger partial charge in [-0.05, 0) is 51.0 Å². The Bertz CT molecular complexity index is 575. The van der Waals surface area contributed by atoms with Crippen LogP contribution in [-0.4, -0.2) is 10.9 Å². The molecule has 0 aliphatic heterocycles. The molecule has 0 unspecified atom stereocenters. The molecule has 1 aromatic carbocycles. The lowest BCUT2D eigenvalue weighted by atomic mass is 9.92. The molecule has 2 heteroatoms. The molecule has 2 nitrogen and oxygen atoms in total. The van der Waals surface area contributed by atoms with Gasteiger partial charge in [-0.3, -0.25) is 4.79 Å². The quantitative estimate of drug-likeness (QED) is 0.494. The smallest absolute Gasteiger partial charge is 0.197 e. The average molecular weight is 256 g/mol. The second-order valence-electron chi connectivity index (χ2n) is 4.53. The number of allylic oxidation sites excluding steroid dienone is 5. The van der Waals surface area contributed by atoms with Crippen LogP contribution in [0.5, 0.6) is 5.75 Å². The summed E-state index contributed by atoms with van der Waals surface area (Å²) < 4.78 is 0. The van der Waals surface area contributed by atoms with E-state index in [0.717, 1.165) is 16.7 Å². The Hall–Kier alpha value is -2.09. The minimum Gasteiger partial charge on any atom is -0.507 e. The highest BCUT2D eigenvalue weighted by Crippen LogP contribution is 2.27. The maximum Gasteiger partial charge on any atom is 0.197 e. The molecule has 0 aliphatic rings. The van der Waals surface area contributed by atoms with Gasteiger partial charge >= 0.3 is 0 Å². The van der Waals surface area contributed by atoms with Crippen molar-refractivity contribution in [1.82, 2.24) is 0 Å². The summed E-state index contributed by atoms with van der Waals surface area (Å²) in [6.45, 7) is 11.3. The first-order chi connectivity index (χ1) is 8.92. The number of Topliss-reactive ketones (excluding diaryl/α,β-unsaturated/α-hetero) is 1. The lowest BCUT2D eigenvalue weighted by Gasteiger charge is -2.12. The SMILES string of the molecule is C=C(C)C(=C/C)/C(=C\C)C(=O)c1ccc(C)cc1O. The molecular formula is C17H20O2. The van der Waals surface area contributed by atoms with Crippen LogP contribution in [-0.2, 0) is 0 Å². The van der Waals surface area contributed by atoms with Crippen LogP contribution in [0.3, 0.4) is 0 Å². The molecule has 0 atom stereocenters. The summed E-state index contributed by atoms with van der Waals surface area (Å²) in [6, 6.07) is 5.06. The van der Waals surface area contributed by atoms with Crippen molar-refractivity contribution in [2.24, 2.45) is 0 Å². The van der Waals surface area contributed by atoms with Crippen molar-refractivity contribution in [2.75, 3.05) is 0 Å². The first-order valence-electron chi connectivity index (χ1n) is 6.25. The topological polar surface area (TPSA) is 37.3 Å². The minimum absolute atomic E-state index is 0.0153. The van der Waals surface area contributed by atoms with Crippen LogP contribution in [0.25, 0.3) is 0 Å². The van der Waals surface area contributed by atoms with E-state index in [2.05, 4.69) is 6.58 Å². The number of rotatable bonds is 4. The molecule has 0 fully saturated rings. The number of aryl methyl sites for hydroxylation is 1. The third kappa shape index (κ3) is 3.22. The van der Waals surface area contributed by atoms with Crippen molar-refractivity contribution in [1.29, 1.82) is 0 Å². The first kappa shape index (κ1) is 15.0. The van der Waals surface area contributed by atoms with Gasteiger partial charge in [0.15, 0.2) is 5.78 Å². The van der Waals surface area contributed by atoms with Crippen molar-refractivity contribution < 1.29 is 9.90 Å². The normalized spacial score (nSPS) is 12.4. The molecule has 0 aliphatic carbocycles. The molecule has 100 valence electrons. The van der Waals surface area contributed by atoms with Gasteiger partial charge in [0.25, 0.3) is 0 Å². The highest BCUT2D eigenvalue weighted by molar-refractivity contribution is 6.13. The molecule has 0 radical (unpaired) electrons. The van der Waals surface area contributed by atoms with E-state index in [0.29, 0.717) is 11.1 Å². The number of carbonyl (C=O) groups is 1. The molecule has 0 spiro atoms. The Kier molecular flexibility index (Phi) is 4.87. The summed E-state index contributed by atoms with van der Waals surface area (Å²) in [6.07, 6.45) is 3.62. The number of phenols is 1. The van der Waals surface area contributed by atoms with E-state index in [4.69, 9.17) is 0 Å². The van der Waals surface area contributed by atoms with Gasteiger partial charge in [0.1, 0.15) is 5.75 Å². The molecule has 0 saturated heterocycles. The van der Waals surface area contributed by atoms with E-state index in [9.17, 15) is 9.90 Å². The van der Waals surface area contributed by atoms with Crippen LogP contribution in [0.2, 0.25) is 0 Å². The van der Waals surface area contributed by atoms with Crippen LogP contribution in [0, 0.1) is 6.92 Å². The number of phenolic OH excluding ortho intramolecular Hbond substituents is 1. The molecule has 0 amide bonds.